The summed E-state index contributed by atoms with van der Waals surface area (Å²) in [4.78, 5) is 28.7. The number of benzene rings is 1. The number of carboxylic acid groups (broad SMARTS) is 1. The molecule has 1 aromatic carbocycles. The molecule has 1 aromatic heterocycles. The standard InChI is InChI=1S/C19H20N2O5/c22-16-11-21(18(23)8-14-2-1-7-20-10-14)12-17(16)26-15-5-3-13(4-6-15)9-19(24)25/h1-7,10,16-17,22H,8-9,11-12H2,(H,24,25)/t16-,17-/m1/s1. The molecule has 2 N–H and O–H groups in total. The number of aromatic nitrogens is 1. The second-order valence-electron chi connectivity index (χ2n) is 6.27. The molecule has 2 atom stereocenters. The number of nitrogens with zero attached hydrogens (tertiary/aromatic N) is 2. The molecule has 1 fully saturated rings. The molecule has 1 aliphatic heterocycles. The Balaban J connectivity index is 1.56. The third kappa shape index (κ3) is 4.58. The number of aliphatic carboxylic acids is 1. The highest BCUT2D eigenvalue weighted by Gasteiger charge is 2.35. The maximum Gasteiger partial charge on any atom is 0.307 e. The van der Waals surface area contributed by atoms with E-state index < -0.39 is 18.2 Å². The molecule has 2 aromatic rings. The summed E-state index contributed by atoms with van der Waals surface area (Å²) in [6.07, 6.45) is 2.20. The Kier molecular flexibility index (Phi) is 5.48. The van der Waals surface area contributed by atoms with Crippen molar-refractivity contribution in [3.8, 4) is 5.75 Å². The topological polar surface area (TPSA) is 100.0 Å². The van der Waals surface area contributed by atoms with Crippen LogP contribution in [0.15, 0.2) is 48.8 Å². The predicted octanol–water partition coefficient (Wildman–Crippen LogP) is 0.902. The van der Waals surface area contributed by atoms with Gasteiger partial charge in [0.15, 0.2) is 0 Å². The van der Waals surface area contributed by atoms with Crippen LogP contribution in [0, 0.1) is 0 Å². The summed E-state index contributed by atoms with van der Waals surface area (Å²) in [5, 5.41) is 19.0. The van der Waals surface area contributed by atoms with Gasteiger partial charge in [-0.1, -0.05) is 18.2 Å². The first-order valence-corrected chi connectivity index (χ1v) is 8.33. The van der Waals surface area contributed by atoms with E-state index in [4.69, 9.17) is 9.84 Å². The van der Waals surface area contributed by atoms with Gasteiger partial charge in [-0.3, -0.25) is 14.6 Å². The van der Waals surface area contributed by atoms with Crippen molar-refractivity contribution in [1.82, 2.24) is 9.88 Å². The van der Waals surface area contributed by atoms with Crippen LogP contribution in [0.4, 0.5) is 0 Å². The van der Waals surface area contributed by atoms with Gasteiger partial charge in [-0.05, 0) is 29.3 Å². The van der Waals surface area contributed by atoms with Crippen molar-refractivity contribution in [3.05, 3.63) is 59.9 Å². The quantitative estimate of drug-likeness (QED) is 0.798. The van der Waals surface area contributed by atoms with Crippen molar-refractivity contribution in [2.75, 3.05) is 13.1 Å². The van der Waals surface area contributed by atoms with Gasteiger partial charge in [0.1, 0.15) is 18.0 Å². The number of β-amino-alcohol motifs (C(OH)–C–C–N with tert-alkyl or cyclic N) is 1. The van der Waals surface area contributed by atoms with E-state index in [1.54, 1.807) is 47.6 Å². The smallest absolute Gasteiger partial charge is 0.307 e. The minimum atomic E-state index is -0.896. The maximum absolute atomic E-state index is 12.4. The third-order valence-corrected chi connectivity index (χ3v) is 4.23. The van der Waals surface area contributed by atoms with E-state index >= 15 is 0 Å². The van der Waals surface area contributed by atoms with Crippen molar-refractivity contribution in [1.29, 1.82) is 0 Å². The van der Waals surface area contributed by atoms with E-state index in [1.165, 1.54) is 0 Å². The average Bonchev–Trinajstić information content (AvgIpc) is 2.98. The summed E-state index contributed by atoms with van der Waals surface area (Å²) in [5.41, 5.74) is 1.50. The lowest BCUT2D eigenvalue weighted by molar-refractivity contribution is -0.136. The first-order valence-electron chi connectivity index (χ1n) is 8.33. The zero-order valence-electron chi connectivity index (χ0n) is 14.1. The van der Waals surface area contributed by atoms with E-state index in [0.29, 0.717) is 17.9 Å². The summed E-state index contributed by atoms with van der Waals surface area (Å²) in [7, 11) is 0. The molecule has 3 rings (SSSR count). The van der Waals surface area contributed by atoms with Crippen LogP contribution in [0.5, 0.6) is 5.75 Å². The summed E-state index contributed by atoms with van der Waals surface area (Å²) in [6, 6.07) is 10.3. The van der Waals surface area contributed by atoms with Crippen LogP contribution in [-0.2, 0) is 22.4 Å². The molecule has 7 heteroatoms. The van der Waals surface area contributed by atoms with Crippen LogP contribution in [0.25, 0.3) is 0 Å². The molecule has 2 heterocycles. The van der Waals surface area contributed by atoms with Gasteiger partial charge < -0.3 is 19.8 Å². The summed E-state index contributed by atoms with van der Waals surface area (Å²) < 4.78 is 5.77. The molecule has 26 heavy (non-hydrogen) atoms. The van der Waals surface area contributed by atoms with Gasteiger partial charge in [-0.25, -0.2) is 0 Å². The van der Waals surface area contributed by atoms with Gasteiger partial charge in [0.25, 0.3) is 0 Å². The number of hydrogen-bond acceptors (Lipinski definition) is 5. The van der Waals surface area contributed by atoms with Crippen molar-refractivity contribution in [2.24, 2.45) is 0 Å². The lowest BCUT2D eigenvalue weighted by Gasteiger charge is -2.17. The highest BCUT2D eigenvalue weighted by molar-refractivity contribution is 5.79. The number of aliphatic hydroxyl groups excluding tert-OH is 1. The van der Waals surface area contributed by atoms with E-state index in [1.807, 2.05) is 6.07 Å². The number of pyridine rings is 1. The number of carbonyl (C=O) groups excluding carboxylic acids is 1. The molecule has 0 saturated carbocycles. The minimum absolute atomic E-state index is 0.0526. The monoisotopic (exact) mass is 356 g/mol. The van der Waals surface area contributed by atoms with Crippen molar-refractivity contribution in [2.45, 2.75) is 25.0 Å². The number of aliphatic hydroxyl groups is 1. The van der Waals surface area contributed by atoms with E-state index in [-0.39, 0.29) is 25.3 Å². The highest BCUT2D eigenvalue weighted by Crippen LogP contribution is 2.20. The number of rotatable bonds is 6. The summed E-state index contributed by atoms with van der Waals surface area (Å²) >= 11 is 0. The molecule has 1 amide bonds. The van der Waals surface area contributed by atoms with Crippen LogP contribution in [0.1, 0.15) is 11.1 Å². The second kappa shape index (κ2) is 7.97. The Morgan fingerprint density at radius 3 is 2.54 bits per heavy atom. The third-order valence-electron chi connectivity index (χ3n) is 4.23. The van der Waals surface area contributed by atoms with Gasteiger partial charge >= 0.3 is 5.97 Å². The van der Waals surface area contributed by atoms with Crippen molar-refractivity contribution < 1.29 is 24.5 Å². The molecule has 0 spiro atoms. The van der Waals surface area contributed by atoms with E-state index in [2.05, 4.69) is 4.98 Å². The van der Waals surface area contributed by atoms with Crippen molar-refractivity contribution >= 4 is 11.9 Å². The van der Waals surface area contributed by atoms with Crippen LogP contribution in [0.3, 0.4) is 0 Å². The average molecular weight is 356 g/mol. The molecule has 136 valence electrons. The molecule has 0 aliphatic carbocycles. The number of carbonyl (C=O) groups is 2. The molecule has 1 saturated heterocycles. The Hall–Kier alpha value is -2.93. The minimum Gasteiger partial charge on any atom is -0.486 e. The molecule has 7 nitrogen and oxygen atoms in total. The first-order chi connectivity index (χ1) is 12.5. The van der Waals surface area contributed by atoms with Gasteiger partial charge in [-0.2, -0.15) is 0 Å². The fraction of sp³-hybridized carbons (Fsp3) is 0.316. The van der Waals surface area contributed by atoms with E-state index in [9.17, 15) is 14.7 Å². The number of amides is 1. The fourth-order valence-electron chi connectivity index (χ4n) is 2.90. The largest absolute Gasteiger partial charge is 0.486 e. The predicted molar refractivity (Wildman–Crippen MR) is 92.7 cm³/mol. The molecular weight excluding hydrogens is 336 g/mol. The Morgan fingerprint density at radius 2 is 1.88 bits per heavy atom. The van der Waals surface area contributed by atoms with Crippen LogP contribution < -0.4 is 4.74 Å². The van der Waals surface area contributed by atoms with Gasteiger partial charge in [0, 0.05) is 12.4 Å². The SMILES string of the molecule is O=C(O)Cc1ccc(O[C@@H]2CN(C(=O)Cc3cccnc3)C[C@H]2O)cc1. The Morgan fingerprint density at radius 1 is 1.12 bits per heavy atom. The number of likely N-dealkylation sites (tertiary alicyclic amines) is 1. The second-order valence-corrected chi connectivity index (χ2v) is 6.27. The molecule has 1 aliphatic rings. The van der Waals surface area contributed by atoms with Crippen LogP contribution >= 0.6 is 0 Å². The first kappa shape index (κ1) is 17.9. The Bertz CT molecular complexity index is 763. The van der Waals surface area contributed by atoms with Gasteiger partial charge in [0.05, 0.1) is 25.9 Å². The lowest BCUT2D eigenvalue weighted by Crippen LogP contribution is -2.32. The summed E-state index contributed by atoms with van der Waals surface area (Å²) in [6.45, 7) is 0.526. The molecule has 0 radical (unpaired) electrons. The number of ether oxygens (including phenoxy) is 1. The Labute approximate surface area is 150 Å². The molecule has 0 unspecified atom stereocenters. The van der Waals surface area contributed by atoms with Crippen LogP contribution in [0.2, 0.25) is 0 Å². The number of carboxylic acids is 1. The summed E-state index contributed by atoms with van der Waals surface area (Å²) in [5.74, 6) is -0.447. The van der Waals surface area contributed by atoms with Gasteiger partial charge in [-0.15, -0.1) is 0 Å². The lowest BCUT2D eigenvalue weighted by atomic mass is 10.1. The van der Waals surface area contributed by atoms with E-state index in [0.717, 1.165) is 5.56 Å². The number of hydrogen-bond donors (Lipinski definition) is 2. The molecule has 0 bridgehead atoms. The zero-order chi connectivity index (χ0) is 18.5. The maximum atomic E-state index is 12.4. The molecular formula is C19H20N2O5. The van der Waals surface area contributed by atoms with Gasteiger partial charge in [0.2, 0.25) is 5.91 Å². The highest BCUT2D eigenvalue weighted by atomic mass is 16.5. The van der Waals surface area contributed by atoms with Crippen LogP contribution in [-0.4, -0.2) is 57.3 Å². The zero-order valence-corrected chi connectivity index (χ0v) is 14.1. The van der Waals surface area contributed by atoms with Crippen molar-refractivity contribution in [3.63, 3.8) is 0 Å². The normalized spacial score (nSPS) is 19.3. The fourth-order valence-corrected chi connectivity index (χ4v) is 2.90.